The van der Waals surface area contributed by atoms with Crippen LogP contribution in [0.5, 0.6) is 0 Å². The molecule has 1 aliphatic carbocycles. The third-order valence-electron chi connectivity index (χ3n) is 7.49. The minimum atomic E-state index is -0.873. The van der Waals surface area contributed by atoms with Crippen LogP contribution < -0.4 is 10.6 Å². The highest BCUT2D eigenvalue weighted by molar-refractivity contribution is 6.31. The molecule has 180 valence electrons. The number of carbonyl (C=O) groups excluding carboxylic acids is 3. The summed E-state index contributed by atoms with van der Waals surface area (Å²) in [6, 6.07) is 3.64. The van der Waals surface area contributed by atoms with Crippen molar-refractivity contribution in [3.63, 3.8) is 0 Å². The molecule has 1 saturated carbocycles. The lowest BCUT2D eigenvalue weighted by Gasteiger charge is -2.34. The second kappa shape index (κ2) is 9.97. The zero-order valence-corrected chi connectivity index (χ0v) is 19.8. The lowest BCUT2D eigenvalue weighted by Crippen LogP contribution is -2.50. The van der Waals surface area contributed by atoms with E-state index in [1.54, 1.807) is 12.1 Å². The van der Waals surface area contributed by atoms with Crippen LogP contribution >= 0.6 is 11.6 Å². The molecule has 0 radical (unpaired) electrons. The van der Waals surface area contributed by atoms with Crippen LogP contribution in [0.4, 0.5) is 9.18 Å². The Balaban J connectivity index is 1.40. The van der Waals surface area contributed by atoms with Crippen LogP contribution in [0.3, 0.4) is 0 Å². The largest absolute Gasteiger partial charge is 0.353 e. The topological polar surface area (TPSA) is 81.8 Å². The summed E-state index contributed by atoms with van der Waals surface area (Å²) in [7, 11) is 0. The molecule has 3 aliphatic rings. The van der Waals surface area contributed by atoms with Crippen LogP contribution in [-0.4, -0.2) is 59.4 Å². The number of likely N-dealkylation sites (tertiary alicyclic amines) is 1. The van der Waals surface area contributed by atoms with Crippen LogP contribution in [0, 0.1) is 11.7 Å². The first-order valence-corrected chi connectivity index (χ1v) is 12.3. The molecule has 1 aromatic rings. The fourth-order valence-corrected chi connectivity index (χ4v) is 5.73. The third kappa shape index (κ3) is 4.87. The van der Waals surface area contributed by atoms with Crippen LogP contribution in [0.2, 0.25) is 5.02 Å². The van der Waals surface area contributed by atoms with Crippen molar-refractivity contribution in [1.29, 1.82) is 0 Å². The molecular formula is C24H32ClFN4O3. The highest BCUT2D eigenvalue weighted by Gasteiger charge is 2.52. The number of urea groups is 1. The first-order valence-electron chi connectivity index (χ1n) is 11.9. The van der Waals surface area contributed by atoms with Gasteiger partial charge in [0.1, 0.15) is 17.9 Å². The molecule has 4 amide bonds. The molecule has 9 heteroatoms. The Morgan fingerprint density at radius 2 is 1.97 bits per heavy atom. The van der Waals surface area contributed by atoms with Gasteiger partial charge in [-0.3, -0.25) is 19.4 Å². The Morgan fingerprint density at radius 1 is 1.27 bits per heavy atom. The zero-order chi connectivity index (χ0) is 23.6. The average Bonchev–Trinajstić information content (AvgIpc) is 3.40. The van der Waals surface area contributed by atoms with Crippen molar-refractivity contribution in [2.24, 2.45) is 5.92 Å². The van der Waals surface area contributed by atoms with Gasteiger partial charge in [-0.05, 0) is 69.7 Å². The Bertz CT molecular complexity index is 893. The van der Waals surface area contributed by atoms with Gasteiger partial charge in [0.25, 0.3) is 5.91 Å². The quantitative estimate of drug-likeness (QED) is 0.586. The lowest BCUT2D eigenvalue weighted by molar-refractivity contribution is -0.136. The Kier molecular flexibility index (Phi) is 7.24. The number of nitrogens with one attached hydrogen (secondary N) is 2. The molecule has 3 fully saturated rings. The van der Waals surface area contributed by atoms with Crippen LogP contribution in [0.25, 0.3) is 0 Å². The molecule has 2 N–H and O–H groups in total. The van der Waals surface area contributed by atoms with Gasteiger partial charge in [0.15, 0.2) is 0 Å². The van der Waals surface area contributed by atoms with Gasteiger partial charge in [-0.25, -0.2) is 9.18 Å². The van der Waals surface area contributed by atoms with Gasteiger partial charge in [0, 0.05) is 17.1 Å². The highest BCUT2D eigenvalue weighted by atomic mass is 35.5. The zero-order valence-electron chi connectivity index (χ0n) is 19.0. The second-order valence-electron chi connectivity index (χ2n) is 9.45. The number of benzene rings is 1. The minimum absolute atomic E-state index is 0.145. The molecule has 1 unspecified atom stereocenters. The molecule has 7 nitrogen and oxygen atoms in total. The molecule has 4 rings (SSSR count). The van der Waals surface area contributed by atoms with E-state index >= 15 is 0 Å². The van der Waals surface area contributed by atoms with Crippen LogP contribution in [0.1, 0.15) is 63.5 Å². The molecule has 33 heavy (non-hydrogen) atoms. The summed E-state index contributed by atoms with van der Waals surface area (Å²) in [6.45, 7) is 3.52. The van der Waals surface area contributed by atoms with Crippen molar-refractivity contribution in [2.75, 3.05) is 26.2 Å². The number of nitrogens with zero attached hydrogens (tertiary/aromatic N) is 2. The number of hydrogen-bond donors (Lipinski definition) is 2. The van der Waals surface area contributed by atoms with E-state index in [-0.39, 0.29) is 19.0 Å². The fraction of sp³-hybridized carbons (Fsp3) is 0.625. The third-order valence-corrected chi connectivity index (χ3v) is 7.82. The van der Waals surface area contributed by atoms with E-state index in [1.165, 1.54) is 6.07 Å². The van der Waals surface area contributed by atoms with E-state index in [0.717, 1.165) is 50.1 Å². The number of amides is 4. The Hall–Kier alpha value is -2.19. The van der Waals surface area contributed by atoms with E-state index in [1.807, 2.05) is 0 Å². The van der Waals surface area contributed by atoms with Crippen molar-refractivity contribution in [1.82, 2.24) is 20.4 Å². The number of halogens is 2. The molecule has 2 heterocycles. The predicted molar refractivity (Wildman–Crippen MR) is 123 cm³/mol. The summed E-state index contributed by atoms with van der Waals surface area (Å²) < 4.78 is 14.6. The van der Waals surface area contributed by atoms with E-state index in [4.69, 9.17) is 11.6 Å². The standard InChI is InChI=1S/C24H32ClFN4O3/c1-2-16-8-10-24(11-9-16)22(32)30(23(33)28-24)15-20(31)27-14-19(29-12-3-4-13-29)21-17(25)6-5-7-18(21)26/h5-7,16,19H,2-4,8-15H2,1H3,(H,27,31)(H,28,33). The monoisotopic (exact) mass is 478 g/mol. The Morgan fingerprint density at radius 3 is 2.61 bits per heavy atom. The molecule has 1 aromatic carbocycles. The molecule has 1 atom stereocenters. The summed E-state index contributed by atoms with van der Waals surface area (Å²) in [5.74, 6) is -0.599. The van der Waals surface area contributed by atoms with Crippen molar-refractivity contribution < 1.29 is 18.8 Å². The molecule has 1 spiro atoms. The van der Waals surface area contributed by atoms with Gasteiger partial charge >= 0.3 is 6.03 Å². The first-order chi connectivity index (χ1) is 15.8. The molecule has 2 saturated heterocycles. The minimum Gasteiger partial charge on any atom is -0.353 e. The van der Waals surface area contributed by atoms with Gasteiger partial charge in [0.05, 0.1) is 6.04 Å². The molecule has 2 aliphatic heterocycles. The van der Waals surface area contributed by atoms with Crippen molar-refractivity contribution in [3.8, 4) is 0 Å². The summed E-state index contributed by atoms with van der Waals surface area (Å²) in [5.41, 5.74) is -0.509. The number of carbonyl (C=O) groups is 3. The maximum absolute atomic E-state index is 14.6. The smallest absolute Gasteiger partial charge is 0.325 e. The normalized spacial score (nSPS) is 26.6. The van der Waals surface area contributed by atoms with E-state index in [2.05, 4.69) is 22.5 Å². The molecule has 0 bridgehead atoms. The fourth-order valence-electron chi connectivity index (χ4n) is 5.44. The summed E-state index contributed by atoms with van der Waals surface area (Å²) >= 11 is 6.31. The summed E-state index contributed by atoms with van der Waals surface area (Å²) in [6.07, 6.45) is 6.06. The van der Waals surface area contributed by atoms with Crippen LogP contribution in [0.15, 0.2) is 18.2 Å². The van der Waals surface area contributed by atoms with E-state index in [0.29, 0.717) is 29.3 Å². The van der Waals surface area contributed by atoms with Crippen molar-refractivity contribution in [3.05, 3.63) is 34.6 Å². The predicted octanol–water partition coefficient (Wildman–Crippen LogP) is 3.62. The van der Waals surface area contributed by atoms with Crippen molar-refractivity contribution >= 4 is 29.4 Å². The summed E-state index contributed by atoms with van der Waals surface area (Å²) in [5, 5.41) is 5.98. The second-order valence-corrected chi connectivity index (χ2v) is 9.86. The number of hydrogen-bond acceptors (Lipinski definition) is 4. The highest BCUT2D eigenvalue weighted by Crippen LogP contribution is 2.37. The lowest BCUT2D eigenvalue weighted by atomic mass is 9.75. The maximum atomic E-state index is 14.6. The van der Waals surface area contributed by atoms with Gasteiger partial charge in [-0.15, -0.1) is 0 Å². The van der Waals surface area contributed by atoms with Crippen molar-refractivity contribution in [2.45, 2.75) is 63.5 Å². The van der Waals surface area contributed by atoms with Gasteiger partial charge in [-0.1, -0.05) is 31.0 Å². The Labute approximate surface area is 199 Å². The SMILES string of the molecule is CCC1CCC2(CC1)NC(=O)N(CC(=O)NCC(c1c(F)cccc1Cl)N1CCCC1)C2=O. The number of imide groups is 1. The average molecular weight is 479 g/mol. The van der Waals surface area contributed by atoms with Gasteiger partial charge in [0.2, 0.25) is 5.91 Å². The van der Waals surface area contributed by atoms with Gasteiger partial charge in [-0.2, -0.15) is 0 Å². The first kappa shape index (κ1) is 24.0. The summed E-state index contributed by atoms with van der Waals surface area (Å²) in [4.78, 5) is 41.5. The van der Waals surface area contributed by atoms with E-state index < -0.39 is 29.3 Å². The van der Waals surface area contributed by atoms with Crippen LogP contribution in [-0.2, 0) is 9.59 Å². The number of rotatable bonds is 7. The maximum Gasteiger partial charge on any atom is 0.325 e. The van der Waals surface area contributed by atoms with Gasteiger partial charge < -0.3 is 10.6 Å². The molecule has 0 aromatic heterocycles. The van der Waals surface area contributed by atoms with E-state index in [9.17, 15) is 18.8 Å². The molecular weight excluding hydrogens is 447 g/mol.